The Hall–Kier alpha value is -1.66. The summed E-state index contributed by atoms with van der Waals surface area (Å²) in [6.45, 7) is 6.51. The summed E-state index contributed by atoms with van der Waals surface area (Å²) in [5, 5.41) is 23.9. The maximum absolute atomic E-state index is 13.3. The molecular formula is C59H113NO5. The fraction of sp³-hybridized carbons (Fsp3) is 0.898. The molecule has 3 atom stereocenters. The third-order valence-electron chi connectivity index (χ3n) is 13.5. The van der Waals surface area contributed by atoms with Crippen LogP contribution < -0.4 is 5.32 Å². The van der Waals surface area contributed by atoms with E-state index in [1.54, 1.807) is 0 Å². The quantitative estimate of drug-likeness (QED) is 0.0321. The van der Waals surface area contributed by atoms with E-state index in [4.69, 9.17) is 4.74 Å². The van der Waals surface area contributed by atoms with Gasteiger partial charge in [0.25, 0.3) is 0 Å². The second-order valence-electron chi connectivity index (χ2n) is 20.1. The van der Waals surface area contributed by atoms with Gasteiger partial charge in [-0.05, 0) is 44.9 Å². The fourth-order valence-electron chi connectivity index (χ4n) is 9.13. The Morgan fingerprint density at radius 3 is 1.17 bits per heavy atom. The minimum Gasteiger partial charge on any atom is -0.462 e. The third kappa shape index (κ3) is 48.6. The average molecular weight is 917 g/mol. The minimum atomic E-state index is -0.793. The molecule has 1 amide bonds. The van der Waals surface area contributed by atoms with Crippen molar-refractivity contribution in [2.24, 2.45) is 0 Å². The normalized spacial score (nSPS) is 13.2. The van der Waals surface area contributed by atoms with Crippen LogP contribution in [0.5, 0.6) is 0 Å². The maximum Gasteiger partial charge on any atom is 0.306 e. The molecular weight excluding hydrogens is 803 g/mol. The molecule has 0 aliphatic carbocycles. The molecule has 3 unspecified atom stereocenters. The van der Waals surface area contributed by atoms with Crippen LogP contribution in [0.3, 0.4) is 0 Å². The number of carbonyl (C=O) groups is 2. The van der Waals surface area contributed by atoms with E-state index >= 15 is 0 Å². The van der Waals surface area contributed by atoms with Crippen molar-refractivity contribution in [3.63, 3.8) is 0 Å². The molecule has 0 bridgehead atoms. The number of allylic oxidation sites excluding steroid dienone is 4. The number of nitrogens with one attached hydrogen (secondary N) is 1. The highest BCUT2D eigenvalue weighted by atomic mass is 16.5. The summed E-state index contributed by atoms with van der Waals surface area (Å²) in [5.74, 6) is -0.534. The van der Waals surface area contributed by atoms with E-state index in [1.165, 1.54) is 225 Å². The van der Waals surface area contributed by atoms with Crippen LogP contribution in [0.15, 0.2) is 24.3 Å². The summed E-state index contributed by atoms with van der Waals surface area (Å²) < 4.78 is 5.92. The molecule has 0 aromatic rings. The lowest BCUT2D eigenvalue weighted by Crippen LogP contribution is -2.46. The van der Waals surface area contributed by atoms with Gasteiger partial charge in [0.1, 0.15) is 6.10 Å². The Morgan fingerprint density at radius 1 is 0.446 bits per heavy atom. The van der Waals surface area contributed by atoms with Gasteiger partial charge in [0, 0.05) is 6.42 Å². The molecule has 384 valence electrons. The van der Waals surface area contributed by atoms with Crippen molar-refractivity contribution in [3.8, 4) is 0 Å². The number of aliphatic hydroxyl groups is 2. The van der Waals surface area contributed by atoms with Gasteiger partial charge in [-0.15, -0.1) is 0 Å². The highest BCUT2D eigenvalue weighted by Crippen LogP contribution is 2.19. The number of carbonyl (C=O) groups excluding carboxylic acids is 2. The number of hydrogen-bond acceptors (Lipinski definition) is 5. The Morgan fingerprint density at radius 2 is 0.785 bits per heavy atom. The number of aliphatic hydroxyl groups excluding tert-OH is 2. The van der Waals surface area contributed by atoms with Crippen molar-refractivity contribution in [2.75, 3.05) is 6.61 Å². The van der Waals surface area contributed by atoms with Crippen molar-refractivity contribution in [3.05, 3.63) is 24.3 Å². The summed E-state index contributed by atoms with van der Waals surface area (Å²) in [6, 6.07) is -0.708. The first-order valence-corrected chi connectivity index (χ1v) is 29.1. The average Bonchev–Trinajstić information content (AvgIpc) is 3.30. The molecule has 3 N–H and O–H groups in total. The molecule has 0 aliphatic heterocycles. The van der Waals surface area contributed by atoms with Gasteiger partial charge in [-0.1, -0.05) is 283 Å². The summed E-state index contributed by atoms with van der Waals surface area (Å²) in [4.78, 5) is 26.2. The zero-order valence-electron chi connectivity index (χ0n) is 43.9. The standard InChI is InChI=1S/C59H113NO5/c1-4-7-10-13-16-19-22-25-27-29-30-33-35-38-41-44-47-50-55(65-59(64)52-49-46-43-40-37-32-24-21-18-15-12-9-6-3)53-58(63)60-56(54-61)57(62)51-48-45-42-39-36-34-31-28-26-23-20-17-14-11-8-5-2/h32,37,43,46,55-57,61-62H,4-31,33-36,38-42,44-45,47-54H2,1-3H3,(H,60,63)/b37-32-,46-43+. The number of hydrogen-bond donors (Lipinski definition) is 3. The molecule has 0 spiro atoms. The van der Waals surface area contributed by atoms with Crippen molar-refractivity contribution in [1.82, 2.24) is 5.32 Å². The SMILES string of the molecule is CCCCCCCC/C=C\C/C=C/CCC(=O)OC(CCCCCCCCCCCCCCCCCCC)CC(=O)NC(CO)C(O)CCCCCCCCCCCCCCCCCC. The number of unbranched alkanes of at least 4 members (excludes halogenated alkanes) is 37. The minimum absolute atomic E-state index is 0.0616. The van der Waals surface area contributed by atoms with Gasteiger partial charge in [0.2, 0.25) is 5.91 Å². The monoisotopic (exact) mass is 916 g/mol. The molecule has 0 radical (unpaired) electrons. The van der Waals surface area contributed by atoms with Crippen LogP contribution in [0.2, 0.25) is 0 Å². The van der Waals surface area contributed by atoms with Crippen LogP contribution in [-0.4, -0.2) is 46.9 Å². The number of esters is 1. The van der Waals surface area contributed by atoms with Gasteiger partial charge in [-0.25, -0.2) is 0 Å². The number of rotatable bonds is 53. The van der Waals surface area contributed by atoms with E-state index in [2.05, 4.69) is 50.4 Å². The zero-order valence-corrected chi connectivity index (χ0v) is 43.9. The summed E-state index contributed by atoms with van der Waals surface area (Å²) in [7, 11) is 0. The van der Waals surface area contributed by atoms with Crippen molar-refractivity contribution in [1.29, 1.82) is 0 Å². The van der Waals surface area contributed by atoms with Gasteiger partial charge < -0.3 is 20.3 Å². The highest BCUT2D eigenvalue weighted by molar-refractivity contribution is 5.77. The molecule has 0 saturated heterocycles. The molecule has 0 aromatic heterocycles. The van der Waals surface area contributed by atoms with Gasteiger partial charge in [0.05, 0.1) is 25.2 Å². The summed E-state index contributed by atoms with van der Waals surface area (Å²) >= 11 is 0. The predicted molar refractivity (Wildman–Crippen MR) is 283 cm³/mol. The van der Waals surface area contributed by atoms with Gasteiger partial charge in [-0.3, -0.25) is 9.59 Å². The zero-order chi connectivity index (χ0) is 47.4. The number of ether oxygens (including phenoxy) is 1. The number of amides is 1. The topological polar surface area (TPSA) is 95.9 Å². The third-order valence-corrected chi connectivity index (χ3v) is 13.5. The van der Waals surface area contributed by atoms with Crippen LogP contribution in [0.25, 0.3) is 0 Å². The van der Waals surface area contributed by atoms with Crippen LogP contribution in [0, 0.1) is 0 Å². The Bertz CT molecular complexity index is 1030. The second kappa shape index (κ2) is 53.3. The lowest BCUT2D eigenvalue weighted by Gasteiger charge is -2.24. The summed E-state index contributed by atoms with van der Waals surface area (Å²) in [6.07, 6.45) is 62.6. The first-order chi connectivity index (χ1) is 32.0. The molecule has 0 aliphatic rings. The largest absolute Gasteiger partial charge is 0.462 e. The first-order valence-electron chi connectivity index (χ1n) is 29.1. The van der Waals surface area contributed by atoms with Gasteiger partial charge in [0.15, 0.2) is 0 Å². The molecule has 6 heteroatoms. The fourth-order valence-corrected chi connectivity index (χ4v) is 9.13. The van der Waals surface area contributed by atoms with Crippen molar-refractivity contribution < 1.29 is 24.5 Å². The van der Waals surface area contributed by atoms with E-state index in [0.717, 1.165) is 38.5 Å². The smallest absolute Gasteiger partial charge is 0.306 e. The van der Waals surface area contributed by atoms with E-state index < -0.39 is 18.2 Å². The van der Waals surface area contributed by atoms with E-state index in [9.17, 15) is 19.8 Å². The van der Waals surface area contributed by atoms with Crippen molar-refractivity contribution >= 4 is 11.9 Å². The van der Waals surface area contributed by atoms with Gasteiger partial charge >= 0.3 is 5.97 Å². The molecule has 0 heterocycles. The molecule has 0 fully saturated rings. The Kier molecular flexibility index (Phi) is 51.9. The Labute approximate surface area is 405 Å². The van der Waals surface area contributed by atoms with E-state index in [1.807, 2.05) is 0 Å². The molecule has 0 rings (SSSR count). The maximum atomic E-state index is 13.3. The van der Waals surface area contributed by atoms with Crippen LogP contribution in [0.1, 0.15) is 316 Å². The lowest BCUT2D eigenvalue weighted by molar-refractivity contribution is -0.150. The van der Waals surface area contributed by atoms with Gasteiger partial charge in [-0.2, -0.15) is 0 Å². The Balaban J connectivity index is 4.55. The predicted octanol–water partition coefficient (Wildman–Crippen LogP) is 17.9. The van der Waals surface area contributed by atoms with E-state index in [-0.39, 0.29) is 24.9 Å². The van der Waals surface area contributed by atoms with Crippen LogP contribution >= 0.6 is 0 Å². The van der Waals surface area contributed by atoms with Crippen molar-refractivity contribution in [2.45, 2.75) is 334 Å². The lowest BCUT2D eigenvalue weighted by atomic mass is 10.0. The molecule has 0 saturated carbocycles. The van der Waals surface area contributed by atoms with Crippen LogP contribution in [-0.2, 0) is 14.3 Å². The molecule has 65 heavy (non-hydrogen) atoms. The second-order valence-corrected chi connectivity index (χ2v) is 20.1. The van der Waals surface area contributed by atoms with E-state index in [0.29, 0.717) is 25.7 Å². The summed E-state index contributed by atoms with van der Waals surface area (Å²) in [5.41, 5.74) is 0. The molecule has 0 aromatic carbocycles. The highest BCUT2D eigenvalue weighted by Gasteiger charge is 2.24. The van der Waals surface area contributed by atoms with Crippen LogP contribution in [0.4, 0.5) is 0 Å². The first kappa shape index (κ1) is 63.3. The molecule has 6 nitrogen and oxygen atoms in total.